The quantitative estimate of drug-likeness (QED) is 0.236. The summed E-state index contributed by atoms with van der Waals surface area (Å²) in [5, 5.41) is 2.49. The van der Waals surface area contributed by atoms with Crippen molar-refractivity contribution in [1.82, 2.24) is 29.6 Å². The highest BCUT2D eigenvalue weighted by Crippen LogP contribution is 2.52. The summed E-state index contributed by atoms with van der Waals surface area (Å²) in [4.78, 5) is 37.0. The summed E-state index contributed by atoms with van der Waals surface area (Å²) in [5.74, 6) is 0.334. The Morgan fingerprint density at radius 1 is 1.00 bits per heavy atom. The summed E-state index contributed by atoms with van der Waals surface area (Å²) in [6.45, 7) is 7.29. The van der Waals surface area contributed by atoms with Crippen LogP contribution in [0.15, 0.2) is 71.9 Å². The molecule has 3 saturated heterocycles. The highest BCUT2D eigenvalue weighted by molar-refractivity contribution is 7.92. The predicted octanol–water partition coefficient (Wildman–Crippen LogP) is 5.08. The lowest BCUT2D eigenvalue weighted by Crippen LogP contribution is -2.58. The fourth-order valence-electron chi connectivity index (χ4n) is 10.2. The van der Waals surface area contributed by atoms with Crippen molar-refractivity contribution in [2.75, 3.05) is 78.5 Å². The number of likely N-dealkylation sites (tertiary alicyclic amines) is 2. The van der Waals surface area contributed by atoms with E-state index >= 15 is 8.78 Å². The molecule has 7 rings (SSSR count). The van der Waals surface area contributed by atoms with Gasteiger partial charge in [0.05, 0.1) is 28.5 Å². The Kier molecular flexibility index (Phi) is 12.6. The van der Waals surface area contributed by atoms with E-state index in [0.717, 1.165) is 63.1 Å². The van der Waals surface area contributed by atoms with Gasteiger partial charge in [-0.3, -0.25) is 9.69 Å². The van der Waals surface area contributed by atoms with Crippen molar-refractivity contribution in [2.24, 2.45) is 17.8 Å². The maximum atomic E-state index is 15.6. The molecule has 4 atom stereocenters. The molecule has 1 saturated carbocycles. The van der Waals surface area contributed by atoms with E-state index in [0.29, 0.717) is 50.7 Å². The van der Waals surface area contributed by atoms with Crippen LogP contribution in [0.4, 0.5) is 19.3 Å². The van der Waals surface area contributed by atoms with Crippen molar-refractivity contribution in [3.63, 3.8) is 0 Å². The largest absolute Gasteiger partial charge is 0.453 e. The number of halogens is 2. The number of benzene rings is 2. The zero-order valence-corrected chi connectivity index (χ0v) is 34.8. The number of piperidine rings is 1. The van der Waals surface area contributed by atoms with Gasteiger partial charge >= 0.3 is 6.09 Å². The van der Waals surface area contributed by atoms with Gasteiger partial charge < -0.3 is 29.3 Å². The van der Waals surface area contributed by atoms with Crippen molar-refractivity contribution in [3.8, 4) is 0 Å². The first-order valence-electron chi connectivity index (χ1n) is 20.5. The van der Waals surface area contributed by atoms with E-state index in [2.05, 4.69) is 19.8 Å². The number of carbonyl (C=O) groups is 2. The summed E-state index contributed by atoms with van der Waals surface area (Å²) in [5.41, 5.74) is 0.655. The minimum absolute atomic E-state index is 0.00378. The lowest BCUT2D eigenvalue weighted by atomic mass is 9.64. The van der Waals surface area contributed by atoms with Crippen LogP contribution in [0.1, 0.15) is 49.9 Å². The Hall–Kier alpha value is -4.34. The van der Waals surface area contributed by atoms with Crippen molar-refractivity contribution in [3.05, 3.63) is 90.0 Å². The number of anilines is 1. The minimum Gasteiger partial charge on any atom is -0.453 e. The van der Waals surface area contributed by atoms with Crippen molar-refractivity contribution < 1.29 is 31.5 Å². The molecule has 3 aromatic rings. The summed E-state index contributed by atoms with van der Waals surface area (Å²) in [6.07, 6.45) is 11.4. The topological polar surface area (TPSA) is 120 Å². The standard InChI is InChI=1S/C43H57F2N7O5S/c1-30-46-18-23-52(30)43(33-8-5-9-34(44)24-33,37-10-6-11-39(37)47-42(54)57-4)32-15-20-50(21-16-32)26-31-27-51(28-31)40-14-13-35(25-38(40)45)58(55,56)36-17-22-49(29-36)19-7-12-41(53)48(2)3/h5,7-9,12-14,18,23-25,31-32,36-37,39H,6,10-11,15-17,19-22,26-29H2,1-4H3,(H,47,54)/b12-7+/t36-,37+,39+,43?/m1/s1. The maximum absolute atomic E-state index is 15.6. The average Bonchev–Trinajstić information content (AvgIpc) is 3.97. The van der Waals surface area contributed by atoms with E-state index in [9.17, 15) is 18.0 Å². The molecule has 1 unspecified atom stereocenters. The van der Waals surface area contributed by atoms with Gasteiger partial charge in [-0.05, 0) is 100 Å². The molecule has 12 nitrogen and oxygen atoms in total. The normalized spacial score (nSPS) is 23.6. The van der Waals surface area contributed by atoms with Crippen LogP contribution < -0.4 is 10.2 Å². The molecular weight excluding hydrogens is 765 g/mol. The van der Waals surface area contributed by atoms with E-state index in [1.807, 2.05) is 29.0 Å². The second-order valence-electron chi connectivity index (χ2n) is 16.8. The Morgan fingerprint density at radius 2 is 1.76 bits per heavy atom. The number of likely N-dealkylation sites (N-methyl/N-ethyl adjacent to an activating group) is 1. The molecule has 1 N–H and O–H groups in total. The highest BCUT2D eigenvalue weighted by Gasteiger charge is 2.54. The number of aromatic nitrogens is 2. The SMILES string of the molecule is COC(=O)N[C@H]1CCC[C@@H]1C(c1cccc(F)c1)(C1CCN(CC2CN(c3ccc(S(=O)(=O)[C@@H]4CCN(C/C=C/C(=O)N(C)C)C4)cc3F)C2)CC1)n1ccnc1C. The first kappa shape index (κ1) is 41.8. The molecule has 314 valence electrons. The molecule has 1 aliphatic carbocycles. The number of aryl methyl sites for hydroxylation is 1. The molecule has 0 radical (unpaired) electrons. The highest BCUT2D eigenvalue weighted by atomic mass is 32.2. The third kappa shape index (κ3) is 8.40. The Labute approximate surface area is 341 Å². The van der Waals surface area contributed by atoms with Gasteiger partial charge in [0.25, 0.3) is 0 Å². The summed E-state index contributed by atoms with van der Waals surface area (Å²) < 4.78 is 65.0. The van der Waals surface area contributed by atoms with E-state index in [4.69, 9.17) is 4.74 Å². The number of hydrogen-bond acceptors (Lipinski definition) is 9. The van der Waals surface area contributed by atoms with Gasteiger partial charge in [-0.15, -0.1) is 0 Å². The van der Waals surface area contributed by atoms with Crippen molar-refractivity contribution in [1.29, 1.82) is 0 Å². The maximum Gasteiger partial charge on any atom is 0.407 e. The lowest BCUT2D eigenvalue weighted by Gasteiger charge is -2.52. The molecule has 0 spiro atoms. The number of hydrogen-bond donors (Lipinski definition) is 1. The second kappa shape index (κ2) is 17.5. The number of alkyl carbamates (subject to hydrolysis) is 1. The second-order valence-corrected chi connectivity index (χ2v) is 19.0. The first-order valence-corrected chi connectivity index (χ1v) is 22.1. The third-order valence-electron chi connectivity index (χ3n) is 13.1. The number of rotatable bonds is 13. The van der Waals surface area contributed by atoms with Crippen molar-refractivity contribution in [2.45, 2.75) is 67.2 Å². The number of sulfone groups is 1. The fraction of sp³-hybridized carbons (Fsp3) is 0.558. The van der Waals surface area contributed by atoms with Gasteiger partial charge in [-0.2, -0.15) is 0 Å². The van der Waals surface area contributed by atoms with Gasteiger partial charge in [-0.1, -0.05) is 24.6 Å². The molecule has 4 fully saturated rings. The van der Waals surface area contributed by atoms with E-state index in [1.54, 1.807) is 44.6 Å². The van der Waals surface area contributed by atoms with Crippen LogP contribution in [0.25, 0.3) is 0 Å². The van der Waals surface area contributed by atoms with Gasteiger partial charge in [0.2, 0.25) is 5.91 Å². The fourth-order valence-corrected chi connectivity index (χ4v) is 12.0. The number of amides is 2. The number of ether oxygens (including phenoxy) is 1. The number of nitrogens with zero attached hydrogens (tertiary/aromatic N) is 6. The predicted molar refractivity (Wildman–Crippen MR) is 218 cm³/mol. The van der Waals surface area contributed by atoms with E-state index in [1.165, 1.54) is 36.3 Å². The molecule has 3 aliphatic heterocycles. The van der Waals surface area contributed by atoms with Crippen LogP contribution in [0, 0.1) is 36.3 Å². The monoisotopic (exact) mass is 821 g/mol. The zero-order valence-electron chi connectivity index (χ0n) is 34.0. The third-order valence-corrected chi connectivity index (χ3v) is 15.3. The van der Waals surface area contributed by atoms with Gasteiger partial charge in [0, 0.05) is 83.2 Å². The smallest absolute Gasteiger partial charge is 0.407 e. The Bertz CT molecular complexity index is 2080. The summed E-state index contributed by atoms with van der Waals surface area (Å²) in [6, 6.07) is 11.1. The Balaban J connectivity index is 0.987. The molecule has 58 heavy (non-hydrogen) atoms. The lowest BCUT2D eigenvalue weighted by molar-refractivity contribution is -0.123. The molecule has 4 aliphatic rings. The van der Waals surface area contributed by atoms with Crippen LogP contribution in [0.5, 0.6) is 0 Å². The van der Waals surface area contributed by atoms with Crippen LogP contribution in [-0.4, -0.2) is 130 Å². The van der Waals surface area contributed by atoms with Crippen LogP contribution >= 0.6 is 0 Å². The molecule has 15 heteroatoms. The number of nitrogens with one attached hydrogen (secondary N) is 1. The molecular formula is C43H57F2N7O5S. The Morgan fingerprint density at radius 3 is 2.43 bits per heavy atom. The van der Waals surface area contributed by atoms with Gasteiger partial charge in [0.1, 0.15) is 17.5 Å². The number of imidazole rings is 1. The van der Waals surface area contributed by atoms with E-state index < -0.39 is 32.5 Å². The number of methoxy groups -OCH3 is 1. The van der Waals surface area contributed by atoms with Crippen LogP contribution in [0.3, 0.4) is 0 Å². The number of carbonyl (C=O) groups excluding carboxylic acids is 2. The van der Waals surface area contributed by atoms with Gasteiger partial charge in [0.15, 0.2) is 9.84 Å². The zero-order chi connectivity index (χ0) is 41.2. The molecule has 1 aromatic heterocycles. The van der Waals surface area contributed by atoms with E-state index in [-0.39, 0.29) is 34.5 Å². The van der Waals surface area contributed by atoms with Crippen LogP contribution in [-0.2, 0) is 24.9 Å². The summed E-state index contributed by atoms with van der Waals surface area (Å²) in [7, 11) is 0.996. The average molecular weight is 822 g/mol. The van der Waals surface area contributed by atoms with Gasteiger partial charge in [-0.25, -0.2) is 27.0 Å². The van der Waals surface area contributed by atoms with Crippen molar-refractivity contribution >= 4 is 27.5 Å². The molecule has 2 amide bonds. The molecule has 0 bridgehead atoms. The minimum atomic E-state index is -3.73. The molecule has 4 heterocycles. The molecule has 2 aromatic carbocycles. The summed E-state index contributed by atoms with van der Waals surface area (Å²) >= 11 is 0. The first-order chi connectivity index (χ1) is 27.8. The van der Waals surface area contributed by atoms with Crippen LogP contribution in [0.2, 0.25) is 0 Å².